The fraction of sp³-hybridized carbons (Fsp3) is 0.929. The van der Waals surface area contributed by atoms with Crippen LogP contribution in [0.15, 0.2) is 0 Å². The minimum absolute atomic E-state index is 0.245. The third-order valence-electron chi connectivity index (χ3n) is 3.71. The average Bonchev–Trinajstić information content (AvgIpc) is 2.37. The molecule has 2 N–H and O–H groups in total. The lowest BCUT2D eigenvalue weighted by Gasteiger charge is -2.39. The van der Waals surface area contributed by atoms with Crippen molar-refractivity contribution in [2.45, 2.75) is 58.2 Å². The Balaban J connectivity index is 2.51. The SMILES string of the molecule is CCOC(=O)C(C)(N)CCN1CC(C)OCC1CC. The summed E-state index contributed by atoms with van der Waals surface area (Å²) >= 11 is 0. The molecule has 1 heterocycles. The van der Waals surface area contributed by atoms with Gasteiger partial charge < -0.3 is 15.2 Å². The fourth-order valence-electron chi connectivity index (χ4n) is 2.34. The van der Waals surface area contributed by atoms with E-state index < -0.39 is 5.54 Å². The van der Waals surface area contributed by atoms with Crippen molar-refractivity contribution in [3.63, 3.8) is 0 Å². The molecule has 0 aliphatic carbocycles. The maximum atomic E-state index is 11.8. The molecule has 5 heteroatoms. The Morgan fingerprint density at radius 2 is 2.21 bits per heavy atom. The van der Waals surface area contributed by atoms with E-state index in [2.05, 4.69) is 18.7 Å². The fourth-order valence-corrected chi connectivity index (χ4v) is 2.34. The zero-order chi connectivity index (χ0) is 14.5. The van der Waals surface area contributed by atoms with E-state index in [4.69, 9.17) is 15.2 Å². The first-order chi connectivity index (χ1) is 8.90. The number of carbonyl (C=O) groups is 1. The lowest BCUT2D eigenvalue weighted by Crippen LogP contribution is -2.53. The molecule has 3 atom stereocenters. The van der Waals surface area contributed by atoms with Crippen LogP contribution in [0.4, 0.5) is 0 Å². The molecule has 0 bridgehead atoms. The van der Waals surface area contributed by atoms with E-state index in [9.17, 15) is 4.79 Å². The molecule has 19 heavy (non-hydrogen) atoms. The molecule has 5 nitrogen and oxygen atoms in total. The van der Waals surface area contributed by atoms with Crippen molar-refractivity contribution in [1.82, 2.24) is 4.90 Å². The molecule has 1 aliphatic heterocycles. The van der Waals surface area contributed by atoms with Gasteiger partial charge in [-0.2, -0.15) is 0 Å². The second-order valence-corrected chi connectivity index (χ2v) is 5.59. The summed E-state index contributed by atoms with van der Waals surface area (Å²) in [4.78, 5) is 14.1. The van der Waals surface area contributed by atoms with Gasteiger partial charge >= 0.3 is 5.97 Å². The first-order valence-corrected chi connectivity index (χ1v) is 7.22. The first-order valence-electron chi connectivity index (χ1n) is 7.22. The highest BCUT2D eigenvalue weighted by Crippen LogP contribution is 2.17. The van der Waals surface area contributed by atoms with Crippen LogP contribution in [-0.4, -0.2) is 54.9 Å². The molecule has 0 amide bonds. The Hall–Kier alpha value is -0.650. The third-order valence-corrected chi connectivity index (χ3v) is 3.71. The molecule has 112 valence electrons. The van der Waals surface area contributed by atoms with Gasteiger partial charge in [0.25, 0.3) is 0 Å². The zero-order valence-electron chi connectivity index (χ0n) is 12.6. The Kier molecular flexibility index (Phi) is 6.23. The summed E-state index contributed by atoms with van der Waals surface area (Å²) in [7, 11) is 0. The Morgan fingerprint density at radius 3 is 2.79 bits per heavy atom. The number of carbonyl (C=O) groups excluding carboxylic acids is 1. The summed E-state index contributed by atoms with van der Waals surface area (Å²) < 4.78 is 10.7. The minimum Gasteiger partial charge on any atom is -0.465 e. The van der Waals surface area contributed by atoms with Gasteiger partial charge in [0.1, 0.15) is 5.54 Å². The molecule has 0 radical (unpaired) electrons. The molecule has 3 unspecified atom stereocenters. The van der Waals surface area contributed by atoms with Gasteiger partial charge in [-0.05, 0) is 33.6 Å². The van der Waals surface area contributed by atoms with Crippen LogP contribution in [0.1, 0.15) is 40.5 Å². The quantitative estimate of drug-likeness (QED) is 0.735. The van der Waals surface area contributed by atoms with Gasteiger partial charge in [0.15, 0.2) is 0 Å². The van der Waals surface area contributed by atoms with Gasteiger partial charge in [0, 0.05) is 19.1 Å². The van der Waals surface area contributed by atoms with Crippen LogP contribution in [0, 0.1) is 0 Å². The van der Waals surface area contributed by atoms with Crippen LogP contribution in [0.3, 0.4) is 0 Å². The van der Waals surface area contributed by atoms with Crippen LogP contribution in [0.25, 0.3) is 0 Å². The van der Waals surface area contributed by atoms with Crippen LogP contribution >= 0.6 is 0 Å². The summed E-state index contributed by atoms with van der Waals surface area (Å²) in [5, 5.41) is 0. The number of nitrogens with two attached hydrogens (primary N) is 1. The molecule has 0 aromatic rings. The normalized spacial score (nSPS) is 27.8. The van der Waals surface area contributed by atoms with Crippen LogP contribution in [0.5, 0.6) is 0 Å². The second-order valence-electron chi connectivity index (χ2n) is 5.59. The number of ether oxygens (including phenoxy) is 2. The molecule has 0 spiro atoms. The Morgan fingerprint density at radius 1 is 1.53 bits per heavy atom. The van der Waals surface area contributed by atoms with Crippen LogP contribution in [0.2, 0.25) is 0 Å². The number of rotatable bonds is 6. The largest absolute Gasteiger partial charge is 0.465 e. The van der Waals surface area contributed by atoms with Crippen molar-refractivity contribution in [3.8, 4) is 0 Å². The van der Waals surface area contributed by atoms with Gasteiger partial charge in [-0.1, -0.05) is 6.92 Å². The predicted octanol–water partition coefficient (Wildman–Crippen LogP) is 1.16. The van der Waals surface area contributed by atoms with Gasteiger partial charge in [-0.15, -0.1) is 0 Å². The van der Waals surface area contributed by atoms with E-state index in [1.54, 1.807) is 13.8 Å². The first kappa shape index (κ1) is 16.4. The summed E-state index contributed by atoms with van der Waals surface area (Å²) in [5.74, 6) is -0.315. The highest BCUT2D eigenvalue weighted by atomic mass is 16.5. The van der Waals surface area contributed by atoms with E-state index in [0.29, 0.717) is 19.1 Å². The second kappa shape index (κ2) is 7.22. The van der Waals surface area contributed by atoms with E-state index in [0.717, 1.165) is 26.1 Å². The van der Waals surface area contributed by atoms with E-state index >= 15 is 0 Å². The van der Waals surface area contributed by atoms with Crippen LogP contribution in [-0.2, 0) is 14.3 Å². The van der Waals surface area contributed by atoms with Crippen molar-refractivity contribution < 1.29 is 14.3 Å². The van der Waals surface area contributed by atoms with Crippen LogP contribution < -0.4 is 5.73 Å². The van der Waals surface area contributed by atoms with E-state index in [1.165, 1.54) is 0 Å². The summed E-state index contributed by atoms with van der Waals surface area (Å²) in [6.45, 7) is 10.6. The van der Waals surface area contributed by atoms with Gasteiger partial charge in [0.2, 0.25) is 0 Å². The summed E-state index contributed by atoms with van der Waals surface area (Å²) in [6, 6.07) is 0.425. The monoisotopic (exact) mass is 272 g/mol. The number of morpholine rings is 1. The molecule has 1 rings (SSSR count). The van der Waals surface area contributed by atoms with Crippen molar-refractivity contribution in [3.05, 3.63) is 0 Å². The lowest BCUT2D eigenvalue weighted by atomic mass is 9.98. The molecule has 1 aliphatic rings. The van der Waals surface area contributed by atoms with E-state index in [-0.39, 0.29) is 12.1 Å². The highest BCUT2D eigenvalue weighted by molar-refractivity contribution is 5.79. The third kappa shape index (κ3) is 4.75. The standard InChI is InChI=1S/C14H28N2O3/c1-5-12-10-19-11(3)9-16(12)8-7-14(4,15)13(17)18-6-2/h11-12H,5-10,15H2,1-4H3. The minimum atomic E-state index is -0.907. The number of nitrogens with zero attached hydrogens (tertiary/aromatic N) is 1. The maximum Gasteiger partial charge on any atom is 0.325 e. The van der Waals surface area contributed by atoms with Crippen molar-refractivity contribution in [2.75, 3.05) is 26.3 Å². The molecule has 0 aromatic heterocycles. The molecule has 1 fully saturated rings. The van der Waals surface area contributed by atoms with Gasteiger partial charge in [0.05, 0.1) is 19.3 Å². The molecular formula is C14H28N2O3. The Labute approximate surface area is 116 Å². The summed E-state index contributed by atoms with van der Waals surface area (Å²) in [6.07, 6.45) is 1.90. The zero-order valence-corrected chi connectivity index (χ0v) is 12.6. The average molecular weight is 272 g/mol. The smallest absolute Gasteiger partial charge is 0.325 e. The van der Waals surface area contributed by atoms with Crippen molar-refractivity contribution in [2.24, 2.45) is 5.73 Å². The number of hydrogen-bond acceptors (Lipinski definition) is 5. The lowest BCUT2D eigenvalue weighted by molar-refractivity contribution is -0.149. The van der Waals surface area contributed by atoms with Crippen molar-refractivity contribution in [1.29, 1.82) is 0 Å². The summed E-state index contributed by atoms with van der Waals surface area (Å²) in [5.41, 5.74) is 5.15. The Bertz CT molecular complexity index is 294. The number of esters is 1. The molecule has 0 aromatic carbocycles. The van der Waals surface area contributed by atoms with Gasteiger partial charge in [-0.25, -0.2) is 0 Å². The highest BCUT2D eigenvalue weighted by Gasteiger charge is 2.32. The predicted molar refractivity (Wildman–Crippen MR) is 74.9 cm³/mol. The molecule has 0 saturated carbocycles. The maximum absolute atomic E-state index is 11.8. The van der Waals surface area contributed by atoms with Crippen molar-refractivity contribution >= 4 is 5.97 Å². The number of hydrogen-bond donors (Lipinski definition) is 1. The molecular weight excluding hydrogens is 244 g/mol. The molecule has 1 saturated heterocycles. The topological polar surface area (TPSA) is 64.8 Å². The van der Waals surface area contributed by atoms with Gasteiger partial charge in [-0.3, -0.25) is 9.69 Å². The van der Waals surface area contributed by atoms with E-state index in [1.807, 2.05) is 0 Å².